The summed E-state index contributed by atoms with van der Waals surface area (Å²) in [5.41, 5.74) is 2.41. The van der Waals surface area contributed by atoms with E-state index in [0.29, 0.717) is 23.1 Å². The van der Waals surface area contributed by atoms with Crippen LogP contribution >= 0.6 is 0 Å². The smallest absolute Gasteiger partial charge is 0.263 e. The Morgan fingerprint density at radius 2 is 1.85 bits per heavy atom. The molecule has 1 atom stereocenters. The second-order valence-corrected chi connectivity index (χ2v) is 4.97. The Morgan fingerprint density at radius 1 is 1.10 bits per heavy atom. The van der Waals surface area contributed by atoms with Crippen LogP contribution in [0.3, 0.4) is 0 Å². The summed E-state index contributed by atoms with van der Waals surface area (Å²) in [4.78, 5) is 17.1. The van der Waals surface area contributed by atoms with Crippen LogP contribution in [0.25, 0.3) is 22.3 Å². The molecule has 1 N–H and O–H groups in total. The molecule has 4 rings (SSSR count). The summed E-state index contributed by atoms with van der Waals surface area (Å²) < 4.78 is 1.39. The average molecular weight is 264 g/mol. The molecule has 0 fully saturated rings. The third-order valence-electron chi connectivity index (χ3n) is 3.77. The van der Waals surface area contributed by atoms with E-state index in [9.17, 15) is 9.90 Å². The van der Waals surface area contributed by atoms with Crippen molar-refractivity contribution in [1.29, 1.82) is 0 Å². The molecule has 0 spiro atoms. The maximum Gasteiger partial charge on any atom is 0.263 e. The summed E-state index contributed by atoms with van der Waals surface area (Å²) in [6.07, 6.45) is -0.423. The molecule has 4 heteroatoms. The molecule has 20 heavy (non-hydrogen) atoms. The van der Waals surface area contributed by atoms with Crippen molar-refractivity contribution in [2.45, 2.75) is 12.6 Å². The molecule has 0 aliphatic carbocycles. The predicted octanol–water partition coefficient (Wildman–Crippen LogP) is 2.11. The van der Waals surface area contributed by atoms with Crippen LogP contribution in [0.5, 0.6) is 0 Å². The highest BCUT2D eigenvalue weighted by molar-refractivity contribution is 5.80. The fourth-order valence-electron chi connectivity index (χ4n) is 2.82. The fraction of sp³-hybridized carbons (Fsp3) is 0.125. The molecule has 1 aliphatic heterocycles. The van der Waals surface area contributed by atoms with Crippen LogP contribution in [0.4, 0.5) is 0 Å². The number of aliphatic hydroxyl groups is 1. The standard InChI is InChI=1S/C16H12N2O2/c19-14-9-10-5-1-2-6-11(10)15-17-13-8-4-3-7-12(13)16(20)18(14)15/h1-8,14,19H,9H2. The van der Waals surface area contributed by atoms with E-state index in [0.717, 1.165) is 11.1 Å². The zero-order valence-corrected chi connectivity index (χ0v) is 10.7. The van der Waals surface area contributed by atoms with Gasteiger partial charge in [-0.05, 0) is 17.7 Å². The van der Waals surface area contributed by atoms with Gasteiger partial charge in [0, 0.05) is 12.0 Å². The highest BCUT2D eigenvalue weighted by atomic mass is 16.3. The van der Waals surface area contributed by atoms with E-state index in [1.165, 1.54) is 4.57 Å². The second-order valence-electron chi connectivity index (χ2n) is 4.97. The van der Waals surface area contributed by atoms with Crippen molar-refractivity contribution in [3.8, 4) is 11.4 Å². The molecule has 1 aliphatic rings. The first-order valence-corrected chi connectivity index (χ1v) is 6.53. The molecule has 1 unspecified atom stereocenters. The lowest BCUT2D eigenvalue weighted by molar-refractivity contribution is 0.0988. The summed E-state index contributed by atoms with van der Waals surface area (Å²) in [6.45, 7) is 0. The molecular weight excluding hydrogens is 252 g/mol. The van der Waals surface area contributed by atoms with Gasteiger partial charge in [-0.3, -0.25) is 9.36 Å². The number of aliphatic hydroxyl groups excluding tert-OH is 1. The Hall–Kier alpha value is -2.46. The fourth-order valence-corrected chi connectivity index (χ4v) is 2.82. The highest BCUT2D eigenvalue weighted by Gasteiger charge is 2.25. The minimum Gasteiger partial charge on any atom is -0.373 e. The van der Waals surface area contributed by atoms with Crippen LogP contribution in [0.15, 0.2) is 53.3 Å². The minimum atomic E-state index is -0.857. The van der Waals surface area contributed by atoms with Crippen molar-refractivity contribution in [3.05, 3.63) is 64.4 Å². The van der Waals surface area contributed by atoms with Gasteiger partial charge in [-0.2, -0.15) is 0 Å². The van der Waals surface area contributed by atoms with E-state index in [4.69, 9.17) is 0 Å². The average Bonchev–Trinajstić information content (AvgIpc) is 2.47. The van der Waals surface area contributed by atoms with Gasteiger partial charge in [0.05, 0.1) is 10.9 Å². The van der Waals surface area contributed by atoms with Gasteiger partial charge < -0.3 is 5.11 Å². The summed E-state index contributed by atoms with van der Waals surface area (Å²) in [5.74, 6) is 0.544. The van der Waals surface area contributed by atoms with Gasteiger partial charge in [0.25, 0.3) is 5.56 Å². The lowest BCUT2D eigenvalue weighted by Gasteiger charge is -2.25. The lowest BCUT2D eigenvalue weighted by atomic mass is 9.99. The number of nitrogens with zero attached hydrogens (tertiary/aromatic N) is 2. The Balaban J connectivity index is 2.17. The monoisotopic (exact) mass is 264 g/mol. The van der Waals surface area contributed by atoms with E-state index >= 15 is 0 Å². The maximum absolute atomic E-state index is 12.6. The molecule has 2 aromatic carbocycles. The largest absolute Gasteiger partial charge is 0.373 e. The normalized spacial score (nSPS) is 16.8. The number of hydrogen-bond acceptors (Lipinski definition) is 3. The third-order valence-corrected chi connectivity index (χ3v) is 3.77. The van der Waals surface area contributed by atoms with Crippen molar-refractivity contribution in [2.75, 3.05) is 0 Å². The third kappa shape index (κ3) is 1.45. The SMILES string of the molecule is O=c1c2ccccc2nc2n1C(O)Cc1ccccc1-2. The first-order valence-electron chi connectivity index (χ1n) is 6.53. The van der Waals surface area contributed by atoms with Gasteiger partial charge in [-0.15, -0.1) is 0 Å². The van der Waals surface area contributed by atoms with Crippen LogP contribution in [0.2, 0.25) is 0 Å². The first kappa shape index (κ1) is 11.4. The van der Waals surface area contributed by atoms with Crippen LogP contribution in [0.1, 0.15) is 11.8 Å². The van der Waals surface area contributed by atoms with Gasteiger partial charge in [0.1, 0.15) is 12.1 Å². The Bertz CT molecular complexity index is 883. The molecule has 0 radical (unpaired) electrons. The maximum atomic E-state index is 12.6. The molecule has 3 aromatic rings. The quantitative estimate of drug-likeness (QED) is 0.676. The summed E-state index contributed by atoms with van der Waals surface area (Å²) in [7, 11) is 0. The van der Waals surface area contributed by atoms with E-state index in [1.54, 1.807) is 6.07 Å². The molecule has 0 saturated carbocycles. The molecule has 98 valence electrons. The summed E-state index contributed by atoms with van der Waals surface area (Å²) >= 11 is 0. The molecule has 2 heterocycles. The first-order chi connectivity index (χ1) is 9.75. The predicted molar refractivity (Wildman–Crippen MR) is 76.4 cm³/mol. The zero-order valence-electron chi connectivity index (χ0n) is 10.7. The van der Waals surface area contributed by atoms with E-state index in [-0.39, 0.29) is 5.56 Å². The molecule has 0 saturated heterocycles. The minimum absolute atomic E-state index is 0.187. The summed E-state index contributed by atoms with van der Waals surface area (Å²) in [6, 6.07) is 15.0. The summed E-state index contributed by atoms with van der Waals surface area (Å²) in [5, 5.41) is 10.8. The van der Waals surface area contributed by atoms with Gasteiger partial charge in [-0.25, -0.2) is 4.98 Å². The zero-order chi connectivity index (χ0) is 13.7. The van der Waals surface area contributed by atoms with Crippen molar-refractivity contribution in [1.82, 2.24) is 9.55 Å². The number of hydrogen-bond donors (Lipinski definition) is 1. The van der Waals surface area contributed by atoms with E-state index in [2.05, 4.69) is 4.98 Å². The van der Waals surface area contributed by atoms with Crippen LogP contribution in [-0.2, 0) is 6.42 Å². The number of fused-ring (bicyclic) bond motifs is 4. The highest BCUT2D eigenvalue weighted by Crippen LogP contribution is 2.31. The van der Waals surface area contributed by atoms with Gasteiger partial charge in [0.15, 0.2) is 0 Å². The molecular formula is C16H12N2O2. The Labute approximate surface area is 114 Å². The van der Waals surface area contributed by atoms with Crippen molar-refractivity contribution in [3.63, 3.8) is 0 Å². The van der Waals surface area contributed by atoms with Crippen LogP contribution in [0, 0.1) is 0 Å². The van der Waals surface area contributed by atoms with Crippen LogP contribution in [-0.4, -0.2) is 14.7 Å². The number of benzene rings is 2. The van der Waals surface area contributed by atoms with Gasteiger partial charge in [0.2, 0.25) is 0 Å². The number of aromatic nitrogens is 2. The molecule has 4 nitrogen and oxygen atoms in total. The Morgan fingerprint density at radius 3 is 2.75 bits per heavy atom. The van der Waals surface area contributed by atoms with Gasteiger partial charge >= 0.3 is 0 Å². The van der Waals surface area contributed by atoms with Crippen molar-refractivity contribution in [2.24, 2.45) is 0 Å². The number of rotatable bonds is 0. The van der Waals surface area contributed by atoms with E-state index < -0.39 is 6.23 Å². The second kappa shape index (κ2) is 4.02. The lowest BCUT2D eigenvalue weighted by Crippen LogP contribution is -2.31. The molecule has 1 aromatic heterocycles. The van der Waals surface area contributed by atoms with Crippen LogP contribution < -0.4 is 5.56 Å². The molecule has 0 amide bonds. The van der Waals surface area contributed by atoms with Crippen molar-refractivity contribution < 1.29 is 5.11 Å². The van der Waals surface area contributed by atoms with Crippen molar-refractivity contribution >= 4 is 10.9 Å². The van der Waals surface area contributed by atoms with E-state index in [1.807, 2.05) is 42.5 Å². The molecule has 0 bridgehead atoms. The number of para-hydroxylation sites is 1. The topological polar surface area (TPSA) is 55.1 Å². The van der Waals surface area contributed by atoms with Gasteiger partial charge in [-0.1, -0.05) is 36.4 Å². The Kier molecular flexibility index (Phi) is 2.28.